The second-order valence-corrected chi connectivity index (χ2v) is 5.49. The van der Waals surface area contributed by atoms with Crippen molar-refractivity contribution in [3.05, 3.63) is 62.6 Å². The number of nitrogens with zero attached hydrogens (tertiary/aromatic N) is 1. The molecular weight excluding hydrogens is 340 g/mol. The van der Waals surface area contributed by atoms with Crippen LogP contribution in [-0.2, 0) is 0 Å². The first-order valence-corrected chi connectivity index (χ1v) is 6.95. The standard InChI is InChI=1S/C15H10BrClN2O/c1-9-2-3-10(7-13(9)16)15(20)19-12-4-5-14(17)11(6-12)8-18/h2-7H,1H3,(H,19,20). The van der Waals surface area contributed by atoms with E-state index in [1.165, 1.54) is 0 Å². The molecule has 0 unspecified atom stereocenters. The van der Waals surface area contributed by atoms with Gasteiger partial charge in [0.15, 0.2) is 0 Å². The Kier molecular flexibility index (Phi) is 4.43. The Morgan fingerprint density at radius 2 is 2.05 bits per heavy atom. The molecule has 0 radical (unpaired) electrons. The van der Waals surface area contributed by atoms with Crippen molar-refractivity contribution >= 4 is 39.1 Å². The molecule has 0 bridgehead atoms. The van der Waals surface area contributed by atoms with Crippen LogP contribution in [0.3, 0.4) is 0 Å². The Morgan fingerprint density at radius 3 is 2.70 bits per heavy atom. The highest BCUT2D eigenvalue weighted by Gasteiger charge is 2.09. The smallest absolute Gasteiger partial charge is 0.255 e. The van der Waals surface area contributed by atoms with Gasteiger partial charge < -0.3 is 5.32 Å². The van der Waals surface area contributed by atoms with Gasteiger partial charge in [-0.1, -0.05) is 33.6 Å². The third-order valence-corrected chi connectivity index (χ3v) is 3.96. The monoisotopic (exact) mass is 348 g/mol. The van der Waals surface area contributed by atoms with Crippen molar-refractivity contribution in [2.45, 2.75) is 6.92 Å². The molecule has 0 heterocycles. The van der Waals surface area contributed by atoms with Crippen molar-refractivity contribution in [3.8, 4) is 6.07 Å². The molecule has 20 heavy (non-hydrogen) atoms. The summed E-state index contributed by atoms with van der Waals surface area (Å²) in [5.41, 5.74) is 2.46. The number of aryl methyl sites for hydroxylation is 1. The largest absolute Gasteiger partial charge is 0.322 e. The number of halogens is 2. The summed E-state index contributed by atoms with van der Waals surface area (Å²) >= 11 is 9.24. The lowest BCUT2D eigenvalue weighted by Gasteiger charge is -2.07. The minimum Gasteiger partial charge on any atom is -0.322 e. The van der Waals surface area contributed by atoms with E-state index in [9.17, 15) is 4.79 Å². The Morgan fingerprint density at radius 1 is 1.30 bits per heavy atom. The number of nitrogens with one attached hydrogen (secondary N) is 1. The number of hydrogen-bond donors (Lipinski definition) is 1. The fourth-order valence-electron chi connectivity index (χ4n) is 1.63. The lowest BCUT2D eigenvalue weighted by Crippen LogP contribution is -2.12. The van der Waals surface area contributed by atoms with Gasteiger partial charge in [0.1, 0.15) is 6.07 Å². The fraction of sp³-hybridized carbons (Fsp3) is 0.0667. The molecular formula is C15H10BrClN2O. The number of hydrogen-bond acceptors (Lipinski definition) is 2. The Balaban J connectivity index is 2.23. The van der Waals surface area contributed by atoms with Crippen LogP contribution in [0.4, 0.5) is 5.69 Å². The minimum absolute atomic E-state index is 0.239. The van der Waals surface area contributed by atoms with Crippen molar-refractivity contribution in [1.29, 1.82) is 5.26 Å². The van der Waals surface area contributed by atoms with E-state index in [-0.39, 0.29) is 5.91 Å². The summed E-state index contributed by atoms with van der Waals surface area (Å²) in [4.78, 5) is 12.1. The van der Waals surface area contributed by atoms with Gasteiger partial charge in [0.05, 0.1) is 10.6 Å². The van der Waals surface area contributed by atoms with Gasteiger partial charge in [-0.15, -0.1) is 0 Å². The molecule has 0 atom stereocenters. The maximum Gasteiger partial charge on any atom is 0.255 e. The van der Waals surface area contributed by atoms with Gasteiger partial charge in [0.25, 0.3) is 5.91 Å². The summed E-state index contributed by atoms with van der Waals surface area (Å²) in [6, 6.07) is 12.1. The molecule has 0 fully saturated rings. The summed E-state index contributed by atoms with van der Waals surface area (Å²) in [7, 11) is 0. The Labute approximate surface area is 130 Å². The molecule has 1 N–H and O–H groups in total. The molecule has 0 aromatic heterocycles. The zero-order valence-electron chi connectivity index (χ0n) is 10.6. The van der Waals surface area contributed by atoms with Crippen molar-refractivity contribution in [2.24, 2.45) is 0 Å². The summed E-state index contributed by atoms with van der Waals surface area (Å²) < 4.78 is 0.874. The molecule has 2 rings (SSSR count). The van der Waals surface area contributed by atoms with E-state index in [0.29, 0.717) is 21.8 Å². The number of nitriles is 1. The van der Waals surface area contributed by atoms with Crippen LogP contribution in [0, 0.1) is 18.3 Å². The van der Waals surface area contributed by atoms with Gasteiger partial charge in [-0.2, -0.15) is 5.26 Å². The SMILES string of the molecule is Cc1ccc(C(=O)Nc2ccc(Cl)c(C#N)c2)cc1Br. The van der Waals surface area contributed by atoms with Crippen molar-refractivity contribution < 1.29 is 4.79 Å². The van der Waals surface area contributed by atoms with E-state index in [0.717, 1.165) is 10.0 Å². The number of benzene rings is 2. The molecule has 2 aromatic carbocycles. The third kappa shape index (κ3) is 3.19. The second kappa shape index (κ2) is 6.08. The maximum absolute atomic E-state index is 12.1. The van der Waals surface area contributed by atoms with Crippen LogP contribution in [0.25, 0.3) is 0 Å². The lowest BCUT2D eigenvalue weighted by molar-refractivity contribution is 0.102. The highest BCUT2D eigenvalue weighted by molar-refractivity contribution is 9.10. The molecule has 0 saturated heterocycles. The van der Waals surface area contributed by atoms with Crippen LogP contribution in [0.5, 0.6) is 0 Å². The molecule has 0 aliphatic carbocycles. The average Bonchev–Trinajstić information content (AvgIpc) is 2.43. The van der Waals surface area contributed by atoms with Gasteiger partial charge in [0, 0.05) is 15.7 Å². The summed E-state index contributed by atoms with van der Waals surface area (Å²) in [5.74, 6) is -0.239. The van der Waals surface area contributed by atoms with Crippen LogP contribution in [-0.4, -0.2) is 5.91 Å². The van der Waals surface area contributed by atoms with E-state index in [2.05, 4.69) is 21.2 Å². The first-order chi connectivity index (χ1) is 9.51. The van der Waals surface area contributed by atoms with Crippen LogP contribution in [0.15, 0.2) is 40.9 Å². The fourth-order valence-corrected chi connectivity index (χ4v) is 2.16. The minimum atomic E-state index is -0.239. The number of anilines is 1. The molecule has 100 valence electrons. The lowest BCUT2D eigenvalue weighted by atomic mass is 10.1. The Hall–Kier alpha value is -1.83. The van der Waals surface area contributed by atoms with Gasteiger partial charge in [-0.3, -0.25) is 4.79 Å². The van der Waals surface area contributed by atoms with Gasteiger partial charge in [-0.05, 0) is 42.8 Å². The predicted molar refractivity (Wildman–Crippen MR) is 83.0 cm³/mol. The molecule has 0 spiro atoms. The zero-order valence-corrected chi connectivity index (χ0v) is 12.9. The molecule has 2 aromatic rings. The maximum atomic E-state index is 12.1. The molecule has 0 aliphatic rings. The highest BCUT2D eigenvalue weighted by Crippen LogP contribution is 2.21. The topological polar surface area (TPSA) is 52.9 Å². The van der Waals surface area contributed by atoms with Crippen molar-refractivity contribution in [1.82, 2.24) is 0 Å². The zero-order chi connectivity index (χ0) is 14.7. The molecule has 1 amide bonds. The summed E-state index contributed by atoms with van der Waals surface area (Å²) in [5, 5.41) is 12.0. The molecule has 0 saturated carbocycles. The molecule has 5 heteroatoms. The van der Waals surface area contributed by atoms with Crippen molar-refractivity contribution in [2.75, 3.05) is 5.32 Å². The summed E-state index contributed by atoms with van der Waals surface area (Å²) in [6.07, 6.45) is 0. The van der Waals surface area contributed by atoms with Crippen LogP contribution < -0.4 is 5.32 Å². The third-order valence-electron chi connectivity index (χ3n) is 2.78. The average molecular weight is 350 g/mol. The van der Waals surface area contributed by atoms with Crippen LogP contribution in [0.1, 0.15) is 21.5 Å². The van der Waals surface area contributed by atoms with E-state index < -0.39 is 0 Å². The van der Waals surface area contributed by atoms with E-state index in [1.54, 1.807) is 30.3 Å². The first-order valence-electron chi connectivity index (χ1n) is 5.78. The van der Waals surface area contributed by atoms with Gasteiger partial charge in [0.2, 0.25) is 0 Å². The van der Waals surface area contributed by atoms with E-state index >= 15 is 0 Å². The van der Waals surface area contributed by atoms with Gasteiger partial charge >= 0.3 is 0 Å². The molecule has 0 aliphatic heterocycles. The van der Waals surface area contributed by atoms with Gasteiger partial charge in [-0.25, -0.2) is 0 Å². The predicted octanol–water partition coefficient (Wildman–Crippen LogP) is 4.53. The van der Waals surface area contributed by atoms with Crippen LogP contribution in [0.2, 0.25) is 5.02 Å². The normalized spacial score (nSPS) is 9.90. The van der Waals surface area contributed by atoms with Crippen molar-refractivity contribution in [3.63, 3.8) is 0 Å². The first kappa shape index (κ1) is 14.6. The van der Waals surface area contributed by atoms with E-state index in [1.807, 2.05) is 19.1 Å². The van der Waals surface area contributed by atoms with Crippen LogP contribution >= 0.6 is 27.5 Å². The number of amides is 1. The number of carbonyl (C=O) groups is 1. The number of rotatable bonds is 2. The Bertz CT molecular complexity index is 722. The highest BCUT2D eigenvalue weighted by atomic mass is 79.9. The second-order valence-electron chi connectivity index (χ2n) is 4.22. The summed E-state index contributed by atoms with van der Waals surface area (Å²) in [6.45, 7) is 1.95. The quantitative estimate of drug-likeness (QED) is 0.865. The molecule has 3 nitrogen and oxygen atoms in total. The van der Waals surface area contributed by atoms with E-state index in [4.69, 9.17) is 16.9 Å². The number of carbonyl (C=O) groups excluding carboxylic acids is 1.